The summed E-state index contributed by atoms with van der Waals surface area (Å²) in [5.41, 5.74) is 0.350. The summed E-state index contributed by atoms with van der Waals surface area (Å²) in [7, 11) is -3.62. The molecule has 4 rings (SSSR count). The summed E-state index contributed by atoms with van der Waals surface area (Å²) in [6, 6.07) is 12.9. The minimum absolute atomic E-state index is 0. The topological polar surface area (TPSA) is 111 Å². The van der Waals surface area contributed by atoms with Crippen LogP contribution in [0.25, 0.3) is 0 Å². The van der Waals surface area contributed by atoms with Gasteiger partial charge < -0.3 is 10.2 Å². The first kappa shape index (κ1) is 28.1. The van der Waals surface area contributed by atoms with Crippen LogP contribution < -0.4 is 5.32 Å². The van der Waals surface area contributed by atoms with Crippen LogP contribution in [0, 0.1) is 17.2 Å². The molecule has 37 heavy (non-hydrogen) atoms. The standard InChI is InChI=1S/C16H19N3O3S.C9H8F3NO.H2/c17-10-13-11-19(12-13)23(21,22)15-6-4-5-14(9-15)16(20)18-7-2-1-3-8-18;10-9(11,12)8-3-1-7(2-4-8)5-13-6-14;/h4-6,9,13H,1-3,7-8,11-12H2;1-4,6H,5H2,(H,13,14);1H. The van der Waals surface area contributed by atoms with Gasteiger partial charge in [0.25, 0.3) is 5.91 Å². The van der Waals surface area contributed by atoms with Crippen LogP contribution in [0.5, 0.6) is 0 Å². The zero-order valence-corrected chi connectivity index (χ0v) is 20.8. The first-order valence-corrected chi connectivity index (χ1v) is 13.1. The molecule has 2 aromatic rings. The maximum atomic E-state index is 12.5. The first-order chi connectivity index (χ1) is 17.6. The SMILES string of the molecule is N#CC1CN(S(=O)(=O)c2cccc(C(=O)N3CCCCC3)c2)C1.O=CNCc1ccc(C(F)(F)F)cc1.[HH]. The van der Waals surface area contributed by atoms with Crippen molar-refractivity contribution in [3.63, 3.8) is 0 Å². The van der Waals surface area contributed by atoms with Gasteiger partial charge in [-0.05, 0) is 55.2 Å². The molecule has 2 saturated heterocycles. The Labute approximate surface area is 215 Å². The molecule has 2 aromatic carbocycles. The number of nitriles is 1. The average Bonchev–Trinajstić information content (AvgIpc) is 2.87. The number of carbonyl (C=O) groups is 2. The summed E-state index contributed by atoms with van der Waals surface area (Å²) in [5, 5.41) is 11.1. The number of rotatable bonds is 6. The Kier molecular flexibility index (Phi) is 9.29. The second kappa shape index (κ2) is 12.2. The molecule has 0 saturated carbocycles. The maximum absolute atomic E-state index is 12.5. The van der Waals surface area contributed by atoms with Gasteiger partial charge in [-0.1, -0.05) is 18.2 Å². The molecular formula is C25H29F3N4O4S. The minimum Gasteiger partial charge on any atom is -0.355 e. The Bertz CT molecular complexity index is 1240. The largest absolute Gasteiger partial charge is 0.416 e. The molecule has 0 bridgehead atoms. The fraction of sp³-hybridized carbons (Fsp3) is 0.400. The van der Waals surface area contributed by atoms with E-state index in [9.17, 15) is 31.2 Å². The van der Waals surface area contributed by atoms with E-state index in [0.717, 1.165) is 44.5 Å². The Morgan fingerprint density at radius 2 is 1.76 bits per heavy atom. The zero-order valence-electron chi connectivity index (χ0n) is 19.9. The molecule has 12 heteroatoms. The quantitative estimate of drug-likeness (QED) is 0.565. The summed E-state index contributed by atoms with van der Waals surface area (Å²) in [4.78, 5) is 24.3. The molecule has 200 valence electrons. The first-order valence-electron chi connectivity index (χ1n) is 11.7. The summed E-state index contributed by atoms with van der Waals surface area (Å²) < 4.78 is 62.6. The molecule has 0 radical (unpaired) electrons. The monoisotopic (exact) mass is 538 g/mol. The Morgan fingerprint density at radius 3 is 2.32 bits per heavy atom. The lowest BCUT2D eigenvalue weighted by Gasteiger charge is -2.34. The Hall–Kier alpha value is -3.43. The van der Waals surface area contributed by atoms with Gasteiger partial charge in [0, 0.05) is 39.7 Å². The molecule has 0 atom stereocenters. The van der Waals surface area contributed by atoms with Crippen LogP contribution in [0.3, 0.4) is 0 Å². The van der Waals surface area contributed by atoms with Crippen molar-refractivity contribution in [1.82, 2.24) is 14.5 Å². The predicted octanol–water partition coefficient (Wildman–Crippen LogP) is 3.65. The highest BCUT2D eigenvalue weighted by molar-refractivity contribution is 7.89. The third-order valence-electron chi connectivity index (χ3n) is 6.06. The van der Waals surface area contributed by atoms with Crippen molar-refractivity contribution < 1.29 is 32.6 Å². The highest BCUT2D eigenvalue weighted by Crippen LogP contribution is 2.29. The van der Waals surface area contributed by atoms with Crippen molar-refractivity contribution in [2.24, 2.45) is 5.92 Å². The van der Waals surface area contributed by atoms with Crippen LogP contribution in [0.4, 0.5) is 13.2 Å². The fourth-order valence-corrected chi connectivity index (χ4v) is 5.48. The van der Waals surface area contributed by atoms with Crippen LogP contribution in [-0.2, 0) is 27.5 Å². The van der Waals surface area contributed by atoms with Crippen molar-refractivity contribution >= 4 is 22.3 Å². The van der Waals surface area contributed by atoms with E-state index in [-0.39, 0.29) is 37.8 Å². The average molecular weight is 539 g/mol. The van der Waals surface area contributed by atoms with Crippen molar-refractivity contribution in [3.05, 3.63) is 65.2 Å². The number of sulfonamides is 1. The van der Waals surface area contributed by atoms with E-state index in [1.165, 1.54) is 28.6 Å². The van der Waals surface area contributed by atoms with E-state index < -0.39 is 21.8 Å². The number of carbonyl (C=O) groups excluding carboxylic acids is 2. The van der Waals surface area contributed by atoms with Gasteiger partial charge in [-0.15, -0.1) is 0 Å². The Balaban J connectivity index is 0.000000292. The summed E-state index contributed by atoms with van der Waals surface area (Å²) in [5.74, 6) is -0.344. The van der Waals surface area contributed by atoms with Crippen LogP contribution in [0.1, 0.15) is 42.2 Å². The van der Waals surface area contributed by atoms with E-state index in [1.807, 2.05) is 0 Å². The van der Waals surface area contributed by atoms with Gasteiger partial charge in [0.15, 0.2) is 0 Å². The molecule has 0 aromatic heterocycles. The molecule has 0 aliphatic carbocycles. The van der Waals surface area contributed by atoms with Gasteiger partial charge in [0.1, 0.15) is 0 Å². The number of likely N-dealkylation sites (tertiary alicyclic amines) is 1. The molecule has 2 aliphatic heterocycles. The van der Waals surface area contributed by atoms with Crippen LogP contribution in [0.2, 0.25) is 0 Å². The lowest BCUT2D eigenvalue weighted by Crippen LogP contribution is -2.49. The number of piperidine rings is 1. The zero-order chi connectivity index (χ0) is 27.1. The number of benzene rings is 2. The molecule has 8 nitrogen and oxygen atoms in total. The van der Waals surface area contributed by atoms with Gasteiger partial charge in [0.05, 0.1) is 22.4 Å². The molecule has 0 unspecified atom stereocenters. The van der Waals surface area contributed by atoms with Gasteiger partial charge in [-0.25, -0.2) is 8.42 Å². The lowest BCUT2D eigenvalue weighted by atomic mass is 10.1. The van der Waals surface area contributed by atoms with Gasteiger partial charge >= 0.3 is 6.18 Å². The van der Waals surface area contributed by atoms with Gasteiger partial charge in [0.2, 0.25) is 16.4 Å². The lowest BCUT2D eigenvalue weighted by molar-refractivity contribution is -0.137. The second-order valence-corrected chi connectivity index (χ2v) is 10.7. The van der Waals surface area contributed by atoms with E-state index in [0.29, 0.717) is 17.5 Å². The summed E-state index contributed by atoms with van der Waals surface area (Å²) in [6.45, 7) is 2.14. The number of hydrogen-bond donors (Lipinski definition) is 1. The fourth-order valence-electron chi connectivity index (χ4n) is 3.91. The molecule has 1 N–H and O–H groups in total. The van der Waals surface area contributed by atoms with Crippen LogP contribution in [0.15, 0.2) is 53.4 Å². The van der Waals surface area contributed by atoms with E-state index in [2.05, 4.69) is 11.4 Å². The molecular weight excluding hydrogens is 509 g/mol. The Morgan fingerprint density at radius 1 is 1.11 bits per heavy atom. The number of alkyl halides is 3. The van der Waals surface area contributed by atoms with Crippen molar-refractivity contribution in [3.8, 4) is 6.07 Å². The van der Waals surface area contributed by atoms with Gasteiger partial charge in [-0.3, -0.25) is 9.59 Å². The molecule has 2 heterocycles. The summed E-state index contributed by atoms with van der Waals surface area (Å²) >= 11 is 0. The highest BCUT2D eigenvalue weighted by atomic mass is 32.2. The summed E-state index contributed by atoms with van der Waals surface area (Å²) in [6.07, 6.45) is -0.693. The number of amides is 2. The van der Waals surface area contributed by atoms with Crippen molar-refractivity contribution in [2.75, 3.05) is 26.2 Å². The second-order valence-electron chi connectivity index (χ2n) is 8.72. The molecule has 2 amide bonds. The minimum atomic E-state index is -4.31. The van der Waals surface area contributed by atoms with E-state index in [4.69, 9.17) is 5.26 Å². The van der Waals surface area contributed by atoms with Crippen molar-refractivity contribution in [1.29, 1.82) is 5.26 Å². The van der Waals surface area contributed by atoms with E-state index in [1.54, 1.807) is 17.0 Å². The molecule has 0 spiro atoms. The maximum Gasteiger partial charge on any atom is 0.416 e. The number of hydrogen-bond acceptors (Lipinski definition) is 5. The van der Waals surface area contributed by atoms with Gasteiger partial charge in [-0.2, -0.15) is 22.7 Å². The normalized spacial score (nSPS) is 16.5. The van der Waals surface area contributed by atoms with Crippen molar-refractivity contribution in [2.45, 2.75) is 36.9 Å². The number of nitrogens with one attached hydrogen (secondary N) is 1. The predicted molar refractivity (Wildman–Crippen MR) is 131 cm³/mol. The highest BCUT2D eigenvalue weighted by Gasteiger charge is 2.37. The number of nitrogens with zero attached hydrogens (tertiary/aromatic N) is 3. The smallest absolute Gasteiger partial charge is 0.355 e. The third-order valence-corrected chi connectivity index (χ3v) is 7.89. The van der Waals surface area contributed by atoms with Crippen LogP contribution >= 0.6 is 0 Å². The van der Waals surface area contributed by atoms with E-state index >= 15 is 0 Å². The molecule has 2 aliphatic rings. The molecule has 2 fully saturated rings. The third kappa shape index (κ3) is 7.30. The number of halogens is 3. The van der Waals surface area contributed by atoms with Crippen LogP contribution in [-0.4, -0.2) is 56.1 Å².